The molecule has 38 heavy (non-hydrogen) atoms. The number of hydrogen-bond donors (Lipinski definition) is 2. The van der Waals surface area contributed by atoms with Crippen molar-refractivity contribution in [2.24, 2.45) is 11.8 Å². The smallest absolute Gasteiger partial charge is 0.251 e. The molecule has 2 N–H and O–H groups in total. The predicted molar refractivity (Wildman–Crippen MR) is 150 cm³/mol. The molecule has 7 heteroatoms. The second-order valence-corrected chi connectivity index (χ2v) is 11.0. The van der Waals surface area contributed by atoms with Crippen LogP contribution in [0.3, 0.4) is 0 Å². The fourth-order valence-electron chi connectivity index (χ4n) is 6.04. The molecular formula is C31H42N4O3. The quantitative estimate of drug-likeness (QED) is 0.447. The number of amides is 3. The first-order valence-electron chi connectivity index (χ1n) is 14.0. The molecule has 2 atom stereocenters. The van der Waals surface area contributed by atoms with Crippen molar-refractivity contribution in [3.05, 3.63) is 70.8 Å². The summed E-state index contributed by atoms with van der Waals surface area (Å²) in [6.45, 7) is 5.85. The van der Waals surface area contributed by atoms with Crippen molar-refractivity contribution in [1.82, 2.24) is 20.4 Å². The molecule has 0 spiro atoms. The lowest BCUT2D eigenvalue weighted by molar-refractivity contribution is -0.154. The van der Waals surface area contributed by atoms with Crippen molar-refractivity contribution in [2.75, 3.05) is 27.2 Å². The standard InChI is InChI=1S/C31H42N4O3/c1-5-21(6-2)28-30(37)33-27(25-18-22-12-7-8-13-23(22)19-25)31(38)35(28)20-24-14-9-10-15-26(24)29(36)32-16-11-17-34(3)4/h7-10,12-15,21,25,27-28H,5-6,11,16-20H2,1-4H3,(H,32,36)(H,33,37)/t27-,28-/m1/s1. The van der Waals surface area contributed by atoms with Gasteiger partial charge in [0.05, 0.1) is 0 Å². The van der Waals surface area contributed by atoms with Crippen molar-refractivity contribution in [3.63, 3.8) is 0 Å². The first kappa shape index (κ1) is 27.8. The van der Waals surface area contributed by atoms with Gasteiger partial charge in [0, 0.05) is 18.7 Å². The van der Waals surface area contributed by atoms with Crippen LogP contribution in [0.2, 0.25) is 0 Å². The van der Waals surface area contributed by atoms with Gasteiger partial charge in [-0.1, -0.05) is 69.2 Å². The molecule has 0 bridgehead atoms. The van der Waals surface area contributed by atoms with E-state index >= 15 is 0 Å². The average Bonchev–Trinajstić information content (AvgIpc) is 3.34. The minimum atomic E-state index is -0.562. The van der Waals surface area contributed by atoms with Crippen LogP contribution in [0.25, 0.3) is 0 Å². The largest absolute Gasteiger partial charge is 0.352 e. The minimum Gasteiger partial charge on any atom is -0.352 e. The molecule has 1 fully saturated rings. The summed E-state index contributed by atoms with van der Waals surface area (Å²) in [5.41, 5.74) is 3.84. The van der Waals surface area contributed by atoms with Crippen molar-refractivity contribution in [2.45, 2.75) is 64.6 Å². The van der Waals surface area contributed by atoms with E-state index in [2.05, 4.69) is 41.5 Å². The highest BCUT2D eigenvalue weighted by Gasteiger charge is 2.47. The predicted octanol–water partition coefficient (Wildman–Crippen LogP) is 3.41. The summed E-state index contributed by atoms with van der Waals surface area (Å²) < 4.78 is 0. The summed E-state index contributed by atoms with van der Waals surface area (Å²) in [7, 11) is 4.02. The second-order valence-electron chi connectivity index (χ2n) is 11.0. The van der Waals surface area contributed by atoms with Gasteiger partial charge in [-0.2, -0.15) is 0 Å². The molecule has 0 saturated carbocycles. The third-order valence-electron chi connectivity index (χ3n) is 8.17. The zero-order valence-electron chi connectivity index (χ0n) is 23.2. The Hall–Kier alpha value is -3.19. The van der Waals surface area contributed by atoms with Crippen LogP contribution in [0.5, 0.6) is 0 Å². The molecule has 2 aliphatic rings. The second kappa shape index (κ2) is 12.6. The zero-order valence-corrected chi connectivity index (χ0v) is 23.2. The highest BCUT2D eigenvalue weighted by Crippen LogP contribution is 2.33. The Balaban J connectivity index is 1.58. The van der Waals surface area contributed by atoms with E-state index in [1.165, 1.54) is 11.1 Å². The van der Waals surface area contributed by atoms with E-state index in [4.69, 9.17) is 0 Å². The molecule has 1 saturated heterocycles. The van der Waals surface area contributed by atoms with E-state index in [1.54, 1.807) is 4.90 Å². The maximum atomic E-state index is 14.1. The summed E-state index contributed by atoms with van der Waals surface area (Å²) >= 11 is 0. The molecule has 7 nitrogen and oxygen atoms in total. The lowest BCUT2D eigenvalue weighted by Crippen LogP contribution is -2.66. The Morgan fingerprint density at radius 1 is 1.03 bits per heavy atom. The van der Waals surface area contributed by atoms with Crippen LogP contribution < -0.4 is 10.6 Å². The van der Waals surface area contributed by atoms with Crippen molar-refractivity contribution in [3.8, 4) is 0 Å². The molecular weight excluding hydrogens is 476 g/mol. The Labute approximate surface area is 227 Å². The number of nitrogens with one attached hydrogen (secondary N) is 2. The lowest BCUT2D eigenvalue weighted by atomic mass is 9.85. The summed E-state index contributed by atoms with van der Waals surface area (Å²) in [5.74, 6) is -0.183. The van der Waals surface area contributed by atoms with Gasteiger partial charge in [0.2, 0.25) is 11.8 Å². The molecule has 1 aliphatic carbocycles. The molecule has 4 rings (SSSR count). The van der Waals surface area contributed by atoms with Gasteiger partial charge in [-0.25, -0.2) is 0 Å². The molecule has 1 aliphatic heterocycles. The van der Waals surface area contributed by atoms with Gasteiger partial charge in [-0.05, 0) is 74.5 Å². The zero-order chi connectivity index (χ0) is 27.2. The average molecular weight is 519 g/mol. The van der Waals surface area contributed by atoms with Gasteiger partial charge in [0.25, 0.3) is 5.91 Å². The SMILES string of the molecule is CCC(CC)[C@@H]1C(=O)N[C@H](C2Cc3ccccc3C2)C(=O)N1Cc1ccccc1C(=O)NCCCN(C)C. The molecule has 3 amide bonds. The first-order valence-corrected chi connectivity index (χ1v) is 14.0. The lowest BCUT2D eigenvalue weighted by Gasteiger charge is -2.44. The number of hydrogen-bond acceptors (Lipinski definition) is 4. The number of fused-ring (bicyclic) bond motifs is 1. The van der Waals surface area contributed by atoms with E-state index in [0.29, 0.717) is 12.1 Å². The van der Waals surface area contributed by atoms with Crippen LogP contribution in [0.15, 0.2) is 48.5 Å². The molecule has 204 valence electrons. The molecule has 2 aromatic carbocycles. The summed E-state index contributed by atoms with van der Waals surface area (Å²) in [5, 5.41) is 6.15. The Kier molecular flexibility index (Phi) is 9.21. The van der Waals surface area contributed by atoms with Crippen LogP contribution in [-0.4, -0.2) is 66.8 Å². The number of nitrogens with zero attached hydrogens (tertiary/aromatic N) is 2. The summed E-state index contributed by atoms with van der Waals surface area (Å²) in [4.78, 5) is 44.7. The van der Waals surface area contributed by atoms with E-state index in [0.717, 1.165) is 44.2 Å². The van der Waals surface area contributed by atoms with Gasteiger partial charge in [0.1, 0.15) is 12.1 Å². The van der Waals surface area contributed by atoms with Gasteiger partial charge in [0.15, 0.2) is 0 Å². The van der Waals surface area contributed by atoms with Crippen LogP contribution in [0.4, 0.5) is 0 Å². The monoisotopic (exact) mass is 518 g/mol. The maximum Gasteiger partial charge on any atom is 0.251 e. The number of piperazine rings is 1. The first-order chi connectivity index (χ1) is 18.3. The Morgan fingerprint density at radius 3 is 2.29 bits per heavy atom. The van der Waals surface area contributed by atoms with E-state index in [-0.39, 0.29) is 36.1 Å². The number of benzene rings is 2. The number of carbonyl (C=O) groups excluding carboxylic acids is 3. The topological polar surface area (TPSA) is 81.8 Å². The fraction of sp³-hybridized carbons (Fsp3) is 0.516. The van der Waals surface area contributed by atoms with Crippen LogP contribution in [0.1, 0.15) is 60.2 Å². The van der Waals surface area contributed by atoms with Crippen LogP contribution >= 0.6 is 0 Å². The Morgan fingerprint density at radius 2 is 1.66 bits per heavy atom. The fourth-order valence-corrected chi connectivity index (χ4v) is 6.04. The highest BCUT2D eigenvalue weighted by atomic mass is 16.2. The number of carbonyl (C=O) groups is 3. The van der Waals surface area contributed by atoms with Gasteiger partial charge in [-0.15, -0.1) is 0 Å². The van der Waals surface area contributed by atoms with Crippen molar-refractivity contribution >= 4 is 17.7 Å². The van der Waals surface area contributed by atoms with E-state index < -0.39 is 12.1 Å². The van der Waals surface area contributed by atoms with E-state index in [9.17, 15) is 14.4 Å². The third-order valence-corrected chi connectivity index (χ3v) is 8.17. The molecule has 0 radical (unpaired) electrons. The van der Waals surface area contributed by atoms with Crippen molar-refractivity contribution in [1.29, 1.82) is 0 Å². The molecule has 1 heterocycles. The maximum absolute atomic E-state index is 14.1. The van der Waals surface area contributed by atoms with Gasteiger partial charge >= 0.3 is 0 Å². The van der Waals surface area contributed by atoms with Crippen LogP contribution in [0, 0.1) is 11.8 Å². The minimum absolute atomic E-state index is 0.0317. The molecule has 2 aromatic rings. The normalized spacial score (nSPS) is 19.7. The highest BCUT2D eigenvalue weighted by molar-refractivity contribution is 5.98. The Bertz CT molecular complexity index is 1120. The summed E-state index contributed by atoms with van der Waals surface area (Å²) in [6, 6.07) is 14.6. The van der Waals surface area contributed by atoms with Gasteiger partial charge in [-0.3, -0.25) is 14.4 Å². The van der Waals surface area contributed by atoms with Crippen LogP contribution in [-0.2, 0) is 29.0 Å². The third kappa shape index (κ3) is 6.09. The summed E-state index contributed by atoms with van der Waals surface area (Å²) in [6.07, 6.45) is 4.01. The molecule has 0 unspecified atom stereocenters. The van der Waals surface area contributed by atoms with Crippen molar-refractivity contribution < 1.29 is 14.4 Å². The van der Waals surface area contributed by atoms with E-state index in [1.807, 2.05) is 50.5 Å². The number of rotatable bonds is 11. The van der Waals surface area contributed by atoms with Gasteiger partial charge < -0.3 is 20.4 Å². The molecule has 0 aromatic heterocycles.